The lowest BCUT2D eigenvalue weighted by atomic mass is 10.0. The van der Waals surface area contributed by atoms with Crippen molar-refractivity contribution in [2.75, 3.05) is 0 Å². The van der Waals surface area contributed by atoms with Gasteiger partial charge in [-0.25, -0.2) is 0 Å². The van der Waals surface area contributed by atoms with Crippen molar-refractivity contribution >= 4 is 11.3 Å². The molecule has 0 aliphatic carbocycles. The molecule has 2 aromatic rings. The Balaban J connectivity index is 1.98. The largest absolute Gasteiger partial charge is 0.392 e. The highest BCUT2D eigenvalue weighted by atomic mass is 32.1. The van der Waals surface area contributed by atoms with Crippen LogP contribution in [0.25, 0.3) is 0 Å². The van der Waals surface area contributed by atoms with Gasteiger partial charge in [0.05, 0.1) is 11.6 Å². The molecule has 0 aliphatic heterocycles. The number of aromatic nitrogens is 1. The van der Waals surface area contributed by atoms with Crippen molar-refractivity contribution in [2.45, 2.75) is 32.8 Å². The van der Waals surface area contributed by atoms with Crippen LogP contribution in [0.3, 0.4) is 0 Å². The van der Waals surface area contributed by atoms with Crippen LogP contribution in [0.2, 0.25) is 0 Å². The molecule has 2 rings (SSSR count). The van der Waals surface area contributed by atoms with E-state index in [0.717, 1.165) is 4.88 Å². The molecule has 90 valence electrons. The SMILES string of the molecule is Cc1ccc(CC(O)Cc2cncs2)cc1C. The fraction of sp³-hybridized carbons (Fsp3) is 0.357. The number of rotatable bonds is 4. The molecule has 2 nitrogen and oxygen atoms in total. The van der Waals surface area contributed by atoms with E-state index in [1.165, 1.54) is 16.7 Å². The fourth-order valence-electron chi connectivity index (χ4n) is 1.85. The summed E-state index contributed by atoms with van der Waals surface area (Å²) in [5.41, 5.74) is 5.58. The predicted molar refractivity (Wildman–Crippen MR) is 71.4 cm³/mol. The van der Waals surface area contributed by atoms with Gasteiger partial charge in [-0.1, -0.05) is 18.2 Å². The molecule has 0 saturated carbocycles. The maximum Gasteiger partial charge on any atom is 0.0794 e. The van der Waals surface area contributed by atoms with Gasteiger partial charge in [0.25, 0.3) is 0 Å². The molecule has 17 heavy (non-hydrogen) atoms. The predicted octanol–water partition coefficient (Wildman–Crippen LogP) is 2.91. The van der Waals surface area contributed by atoms with Crippen LogP contribution < -0.4 is 0 Å². The highest BCUT2D eigenvalue weighted by molar-refractivity contribution is 7.09. The Kier molecular flexibility index (Phi) is 3.92. The molecule has 1 aromatic carbocycles. The minimum absolute atomic E-state index is 0.322. The molecule has 0 bridgehead atoms. The van der Waals surface area contributed by atoms with Gasteiger partial charge in [0.15, 0.2) is 0 Å². The fourth-order valence-corrected chi connectivity index (χ4v) is 2.52. The van der Waals surface area contributed by atoms with Crippen molar-refractivity contribution in [3.05, 3.63) is 51.5 Å². The molecular weight excluding hydrogens is 230 g/mol. The first kappa shape index (κ1) is 12.3. The normalized spacial score (nSPS) is 12.6. The van der Waals surface area contributed by atoms with Crippen LogP contribution in [-0.2, 0) is 12.8 Å². The van der Waals surface area contributed by atoms with Gasteiger partial charge in [-0.05, 0) is 37.0 Å². The molecule has 1 aromatic heterocycles. The summed E-state index contributed by atoms with van der Waals surface area (Å²) in [4.78, 5) is 5.16. The first-order chi connectivity index (χ1) is 8.15. The Morgan fingerprint density at radius 1 is 1.24 bits per heavy atom. The van der Waals surface area contributed by atoms with Gasteiger partial charge in [-0.3, -0.25) is 4.98 Å². The standard InChI is InChI=1S/C14H17NOS/c1-10-3-4-12(5-11(10)2)6-13(16)7-14-8-15-9-17-14/h3-5,8-9,13,16H,6-7H2,1-2H3. The van der Waals surface area contributed by atoms with Crippen LogP contribution in [0.1, 0.15) is 21.6 Å². The number of hydrogen-bond acceptors (Lipinski definition) is 3. The van der Waals surface area contributed by atoms with E-state index < -0.39 is 0 Å². The quantitative estimate of drug-likeness (QED) is 0.901. The van der Waals surface area contributed by atoms with E-state index >= 15 is 0 Å². The van der Waals surface area contributed by atoms with E-state index in [0.29, 0.717) is 12.8 Å². The third-order valence-corrected chi connectivity index (χ3v) is 3.76. The molecule has 0 saturated heterocycles. The van der Waals surface area contributed by atoms with Crippen molar-refractivity contribution < 1.29 is 5.11 Å². The molecular formula is C14H17NOS. The van der Waals surface area contributed by atoms with Crippen molar-refractivity contribution in [1.29, 1.82) is 0 Å². The summed E-state index contributed by atoms with van der Waals surface area (Å²) < 4.78 is 0. The van der Waals surface area contributed by atoms with E-state index in [9.17, 15) is 5.11 Å². The second-order valence-corrected chi connectivity index (χ2v) is 5.42. The molecule has 0 aliphatic rings. The Labute approximate surface area is 106 Å². The summed E-state index contributed by atoms with van der Waals surface area (Å²) in [6.07, 6.45) is 2.91. The van der Waals surface area contributed by atoms with Crippen LogP contribution in [0, 0.1) is 13.8 Å². The minimum Gasteiger partial charge on any atom is -0.392 e. The summed E-state index contributed by atoms with van der Waals surface area (Å²) in [7, 11) is 0. The zero-order valence-corrected chi connectivity index (χ0v) is 11.0. The Hall–Kier alpha value is -1.19. The van der Waals surface area contributed by atoms with Gasteiger partial charge < -0.3 is 5.11 Å². The van der Waals surface area contributed by atoms with E-state index in [1.807, 2.05) is 6.20 Å². The molecule has 0 fully saturated rings. The smallest absolute Gasteiger partial charge is 0.0794 e. The lowest BCUT2D eigenvalue weighted by Gasteiger charge is -2.10. The summed E-state index contributed by atoms with van der Waals surface area (Å²) in [5, 5.41) is 10.0. The Morgan fingerprint density at radius 3 is 2.71 bits per heavy atom. The zero-order valence-electron chi connectivity index (χ0n) is 10.2. The van der Waals surface area contributed by atoms with Crippen LogP contribution >= 0.6 is 11.3 Å². The van der Waals surface area contributed by atoms with E-state index in [-0.39, 0.29) is 6.10 Å². The van der Waals surface area contributed by atoms with Crippen molar-refractivity contribution in [2.24, 2.45) is 0 Å². The first-order valence-electron chi connectivity index (χ1n) is 5.76. The maximum atomic E-state index is 10.0. The van der Waals surface area contributed by atoms with Gasteiger partial charge >= 0.3 is 0 Å². The summed E-state index contributed by atoms with van der Waals surface area (Å²) in [6.45, 7) is 4.21. The first-order valence-corrected chi connectivity index (χ1v) is 6.64. The van der Waals surface area contributed by atoms with Gasteiger partial charge in [-0.15, -0.1) is 11.3 Å². The average Bonchev–Trinajstić information content (AvgIpc) is 2.76. The number of aliphatic hydroxyl groups is 1. The third kappa shape index (κ3) is 3.38. The van der Waals surface area contributed by atoms with Crippen LogP contribution in [0.4, 0.5) is 0 Å². The van der Waals surface area contributed by atoms with Crippen LogP contribution in [0.5, 0.6) is 0 Å². The van der Waals surface area contributed by atoms with Crippen LogP contribution in [0.15, 0.2) is 29.9 Å². The van der Waals surface area contributed by atoms with Crippen molar-refractivity contribution in [1.82, 2.24) is 4.98 Å². The van der Waals surface area contributed by atoms with Crippen molar-refractivity contribution in [3.8, 4) is 0 Å². The zero-order chi connectivity index (χ0) is 12.3. The molecule has 1 heterocycles. The summed E-state index contributed by atoms with van der Waals surface area (Å²) in [6, 6.07) is 6.37. The van der Waals surface area contributed by atoms with Gasteiger partial charge in [0.2, 0.25) is 0 Å². The van der Waals surface area contributed by atoms with Gasteiger partial charge in [-0.2, -0.15) is 0 Å². The molecule has 1 unspecified atom stereocenters. The van der Waals surface area contributed by atoms with E-state index in [2.05, 4.69) is 37.0 Å². The molecule has 3 heteroatoms. The van der Waals surface area contributed by atoms with E-state index in [1.54, 1.807) is 16.8 Å². The highest BCUT2D eigenvalue weighted by Crippen LogP contribution is 2.15. The summed E-state index contributed by atoms with van der Waals surface area (Å²) in [5.74, 6) is 0. The number of hydrogen-bond donors (Lipinski definition) is 1. The topological polar surface area (TPSA) is 33.1 Å². The maximum absolute atomic E-state index is 10.0. The number of benzene rings is 1. The Morgan fingerprint density at radius 2 is 2.06 bits per heavy atom. The second kappa shape index (κ2) is 5.43. The minimum atomic E-state index is -0.322. The lowest BCUT2D eigenvalue weighted by molar-refractivity contribution is 0.176. The highest BCUT2D eigenvalue weighted by Gasteiger charge is 2.08. The Bertz CT molecular complexity index is 479. The lowest BCUT2D eigenvalue weighted by Crippen LogP contribution is -2.13. The summed E-state index contributed by atoms with van der Waals surface area (Å²) >= 11 is 1.60. The average molecular weight is 247 g/mol. The number of aliphatic hydroxyl groups excluding tert-OH is 1. The molecule has 0 radical (unpaired) electrons. The number of aryl methyl sites for hydroxylation is 2. The van der Waals surface area contributed by atoms with Gasteiger partial charge in [0, 0.05) is 17.5 Å². The molecule has 1 atom stereocenters. The molecule has 1 N–H and O–H groups in total. The van der Waals surface area contributed by atoms with Gasteiger partial charge in [0.1, 0.15) is 0 Å². The monoisotopic (exact) mass is 247 g/mol. The van der Waals surface area contributed by atoms with E-state index in [4.69, 9.17) is 0 Å². The number of thiazole rings is 1. The molecule has 0 spiro atoms. The number of nitrogens with zero attached hydrogens (tertiary/aromatic N) is 1. The molecule has 0 amide bonds. The second-order valence-electron chi connectivity index (χ2n) is 4.45. The van der Waals surface area contributed by atoms with Crippen molar-refractivity contribution in [3.63, 3.8) is 0 Å². The van der Waals surface area contributed by atoms with Crippen LogP contribution in [-0.4, -0.2) is 16.2 Å². The third-order valence-electron chi connectivity index (χ3n) is 2.96.